The van der Waals surface area contributed by atoms with Crippen LogP contribution in [0.5, 0.6) is 0 Å². The highest BCUT2D eigenvalue weighted by atomic mass is 15.1. The molecule has 0 spiro atoms. The maximum atomic E-state index is 5.67. The third-order valence-electron chi connectivity index (χ3n) is 3.22. The molecule has 3 nitrogen and oxygen atoms in total. The molecule has 1 aromatic heterocycles. The Bertz CT molecular complexity index is 537. The molecule has 2 rings (SSSR count). The molecule has 0 fully saturated rings. The summed E-state index contributed by atoms with van der Waals surface area (Å²) in [5.41, 5.74) is 10.5. The van der Waals surface area contributed by atoms with Crippen LogP contribution in [-0.2, 0) is 19.6 Å². The first kappa shape index (κ1) is 13.7. The molecule has 0 aliphatic rings. The Labute approximate surface area is 115 Å². The highest BCUT2D eigenvalue weighted by Gasteiger charge is 2.05. The van der Waals surface area contributed by atoms with Crippen LogP contribution in [0.2, 0.25) is 0 Å². The highest BCUT2D eigenvalue weighted by Crippen LogP contribution is 2.11. The van der Waals surface area contributed by atoms with E-state index in [1.807, 2.05) is 12.3 Å². The molecule has 0 aliphatic carbocycles. The van der Waals surface area contributed by atoms with Gasteiger partial charge in [-0.2, -0.15) is 0 Å². The normalized spacial score (nSPS) is 10.9. The molecule has 2 N–H and O–H groups in total. The summed E-state index contributed by atoms with van der Waals surface area (Å²) < 4.78 is 0. The molecule has 100 valence electrons. The lowest BCUT2D eigenvalue weighted by Crippen LogP contribution is -2.18. The van der Waals surface area contributed by atoms with E-state index >= 15 is 0 Å². The molecular formula is C16H21N3. The summed E-state index contributed by atoms with van der Waals surface area (Å²) in [6.45, 7) is 4.46. The molecule has 0 saturated heterocycles. The monoisotopic (exact) mass is 255 g/mol. The van der Waals surface area contributed by atoms with Gasteiger partial charge in [0, 0.05) is 25.8 Å². The Morgan fingerprint density at radius 1 is 1.11 bits per heavy atom. The van der Waals surface area contributed by atoms with Crippen molar-refractivity contribution in [1.82, 2.24) is 9.88 Å². The standard InChI is InChI=1S/C16H21N3/c1-13-5-4-8-18-16(13)12-19(2)11-15-7-3-6-14(9-15)10-17/h3-9H,10-12,17H2,1-2H3. The summed E-state index contributed by atoms with van der Waals surface area (Å²) in [5, 5.41) is 0. The highest BCUT2D eigenvalue weighted by molar-refractivity contribution is 5.23. The van der Waals surface area contributed by atoms with Gasteiger partial charge in [-0.1, -0.05) is 30.3 Å². The quantitative estimate of drug-likeness (QED) is 0.892. The van der Waals surface area contributed by atoms with Gasteiger partial charge < -0.3 is 5.73 Å². The van der Waals surface area contributed by atoms with Crippen LogP contribution in [0.15, 0.2) is 42.6 Å². The van der Waals surface area contributed by atoms with Gasteiger partial charge in [0.2, 0.25) is 0 Å². The zero-order valence-corrected chi connectivity index (χ0v) is 11.6. The van der Waals surface area contributed by atoms with Crippen LogP contribution >= 0.6 is 0 Å². The van der Waals surface area contributed by atoms with Crippen LogP contribution in [0.4, 0.5) is 0 Å². The van der Waals surface area contributed by atoms with Crippen LogP contribution in [0.3, 0.4) is 0 Å². The Balaban J connectivity index is 2.01. The van der Waals surface area contributed by atoms with Crippen molar-refractivity contribution in [2.24, 2.45) is 5.73 Å². The number of benzene rings is 1. The Kier molecular flexibility index (Phi) is 4.66. The minimum Gasteiger partial charge on any atom is -0.326 e. The van der Waals surface area contributed by atoms with Gasteiger partial charge in [-0.3, -0.25) is 9.88 Å². The summed E-state index contributed by atoms with van der Waals surface area (Å²) in [4.78, 5) is 6.70. The number of nitrogens with two attached hydrogens (primary N) is 1. The average Bonchev–Trinajstić information content (AvgIpc) is 2.41. The first-order valence-electron chi connectivity index (χ1n) is 6.56. The topological polar surface area (TPSA) is 42.2 Å². The second-order valence-corrected chi connectivity index (χ2v) is 4.96. The van der Waals surface area contributed by atoms with Crippen molar-refractivity contribution < 1.29 is 0 Å². The summed E-state index contributed by atoms with van der Waals surface area (Å²) in [7, 11) is 2.11. The van der Waals surface area contributed by atoms with E-state index in [1.54, 1.807) is 0 Å². The summed E-state index contributed by atoms with van der Waals surface area (Å²) >= 11 is 0. The van der Waals surface area contributed by atoms with Crippen molar-refractivity contribution in [2.45, 2.75) is 26.6 Å². The fourth-order valence-electron chi connectivity index (χ4n) is 2.16. The summed E-state index contributed by atoms with van der Waals surface area (Å²) in [6.07, 6.45) is 1.85. The lowest BCUT2D eigenvalue weighted by molar-refractivity contribution is 0.314. The van der Waals surface area contributed by atoms with Crippen molar-refractivity contribution in [3.63, 3.8) is 0 Å². The second-order valence-electron chi connectivity index (χ2n) is 4.96. The smallest absolute Gasteiger partial charge is 0.0573 e. The lowest BCUT2D eigenvalue weighted by atomic mass is 10.1. The van der Waals surface area contributed by atoms with Crippen LogP contribution < -0.4 is 5.73 Å². The number of hydrogen-bond acceptors (Lipinski definition) is 3. The third-order valence-corrected chi connectivity index (χ3v) is 3.22. The van der Waals surface area contributed by atoms with Gasteiger partial charge in [0.25, 0.3) is 0 Å². The molecular weight excluding hydrogens is 234 g/mol. The predicted octanol–water partition coefficient (Wildman–Crippen LogP) is 2.48. The number of aromatic nitrogens is 1. The van der Waals surface area contributed by atoms with E-state index in [0.29, 0.717) is 6.54 Å². The maximum Gasteiger partial charge on any atom is 0.0573 e. The van der Waals surface area contributed by atoms with E-state index < -0.39 is 0 Å². The van der Waals surface area contributed by atoms with Gasteiger partial charge in [-0.05, 0) is 36.7 Å². The van der Waals surface area contributed by atoms with E-state index in [4.69, 9.17) is 5.73 Å². The molecule has 2 aromatic rings. The van der Waals surface area contributed by atoms with E-state index in [1.165, 1.54) is 16.7 Å². The fraction of sp³-hybridized carbons (Fsp3) is 0.312. The van der Waals surface area contributed by atoms with Gasteiger partial charge in [0.15, 0.2) is 0 Å². The van der Waals surface area contributed by atoms with Crippen LogP contribution in [0.25, 0.3) is 0 Å². The van der Waals surface area contributed by atoms with Gasteiger partial charge in [0.05, 0.1) is 5.69 Å². The number of hydrogen-bond donors (Lipinski definition) is 1. The summed E-state index contributed by atoms with van der Waals surface area (Å²) in [5.74, 6) is 0. The Hall–Kier alpha value is -1.71. The van der Waals surface area contributed by atoms with E-state index in [9.17, 15) is 0 Å². The van der Waals surface area contributed by atoms with E-state index in [0.717, 1.165) is 18.8 Å². The molecule has 0 amide bonds. The van der Waals surface area contributed by atoms with Crippen molar-refractivity contribution >= 4 is 0 Å². The van der Waals surface area contributed by atoms with Crippen molar-refractivity contribution in [3.05, 3.63) is 65.0 Å². The number of pyridine rings is 1. The van der Waals surface area contributed by atoms with Crippen LogP contribution in [0.1, 0.15) is 22.4 Å². The van der Waals surface area contributed by atoms with Gasteiger partial charge >= 0.3 is 0 Å². The number of rotatable bonds is 5. The predicted molar refractivity (Wildman–Crippen MR) is 78.5 cm³/mol. The first-order chi connectivity index (χ1) is 9.19. The van der Waals surface area contributed by atoms with Crippen molar-refractivity contribution in [2.75, 3.05) is 7.05 Å². The Morgan fingerprint density at radius 3 is 2.63 bits per heavy atom. The zero-order chi connectivity index (χ0) is 13.7. The van der Waals surface area contributed by atoms with Gasteiger partial charge in [-0.15, -0.1) is 0 Å². The zero-order valence-electron chi connectivity index (χ0n) is 11.6. The molecule has 0 aliphatic heterocycles. The number of nitrogens with zero attached hydrogens (tertiary/aromatic N) is 2. The minimum absolute atomic E-state index is 0.594. The molecule has 19 heavy (non-hydrogen) atoms. The molecule has 0 unspecified atom stereocenters. The SMILES string of the molecule is Cc1cccnc1CN(C)Cc1cccc(CN)c1. The lowest BCUT2D eigenvalue weighted by Gasteiger charge is -2.17. The van der Waals surface area contributed by atoms with Crippen LogP contribution in [-0.4, -0.2) is 16.9 Å². The third kappa shape index (κ3) is 3.88. The average molecular weight is 255 g/mol. The second kappa shape index (κ2) is 6.45. The van der Waals surface area contributed by atoms with Crippen molar-refractivity contribution in [1.29, 1.82) is 0 Å². The minimum atomic E-state index is 0.594. The molecule has 0 bridgehead atoms. The molecule has 0 saturated carbocycles. The van der Waals surface area contributed by atoms with Crippen LogP contribution in [0, 0.1) is 6.92 Å². The van der Waals surface area contributed by atoms with Crippen molar-refractivity contribution in [3.8, 4) is 0 Å². The molecule has 1 heterocycles. The van der Waals surface area contributed by atoms with E-state index in [2.05, 4.69) is 54.2 Å². The largest absolute Gasteiger partial charge is 0.326 e. The van der Waals surface area contributed by atoms with E-state index in [-0.39, 0.29) is 0 Å². The van der Waals surface area contributed by atoms with Gasteiger partial charge in [0.1, 0.15) is 0 Å². The molecule has 3 heteroatoms. The first-order valence-corrected chi connectivity index (χ1v) is 6.56. The Morgan fingerprint density at radius 2 is 1.89 bits per heavy atom. The molecule has 0 atom stereocenters. The maximum absolute atomic E-state index is 5.67. The van der Waals surface area contributed by atoms with Gasteiger partial charge in [-0.25, -0.2) is 0 Å². The fourth-order valence-corrected chi connectivity index (χ4v) is 2.16. The molecule has 0 radical (unpaired) electrons. The number of aryl methyl sites for hydroxylation is 1. The molecule has 1 aromatic carbocycles. The summed E-state index contributed by atoms with van der Waals surface area (Å²) in [6, 6.07) is 12.5.